The molecule has 0 saturated heterocycles. The predicted molar refractivity (Wildman–Crippen MR) is 104 cm³/mol. The van der Waals surface area contributed by atoms with Gasteiger partial charge >= 0.3 is 0 Å². The summed E-state index contributed by atoms with van der Waals surface area (Å²) in [6.07, 6.45) is 3.49. The summed E-state index contributed by atoms with van der Waals surface area (Å²) in [7, 11) is 0. The van der Waals surface area contributed by atoms with Crippen LogP contribution in [0.4, 0.5) is 5.13 Å². The van der Waals surface area contributed by atoms with E-state index in [1.165, 1.54) is 17.6 Å². The molecule has 0 spiro atoms. The van der Waals surface area contributed by atoms with E-state index >= 15 is 0 Å². The molecule has 1 aromatic carbocycles. The number of rotatable bonds is 6. The van der Waals surface area contributed by atoms with E-state index in [9.17, 15) is 9.59 Å². The van der Waals surface area contributed by atoms with Crippen molar-refractivity contribution in [2.45, 2.75) is 6.42 Å². The fraction of sp³-hybridized carbons (Fsp3) is 0.105. The van der Waals surface area contributed by atoms with Crippen molar-refractivity contribution in [2.24, 2.45) is 0 Å². The number of hydrogen-bond acceptors (Lipinski definition) is 5. The van der Waals surface area contributed by atoms with Crippen LogP contribution in [0.15, 0.2) is 58.7 Å². The molecule has 0 fully saturated rings. The van der Waals surface area contributed by atoms with Crippen molar-refractivity contribution in [1.82, 2.24) is 15.3 Å². The number of carbonyl (C=O) groups is 2. The van der Waals surface area contributed by atoms with Gasteiger partial charge in [-0.25, -0.2) is 4.98 Å². The summed E-state index contributed by atoms with van der Waals surface area (Å²) in [4.78, 5) is 31.5. The highest BCUT2D eigenvalue weighted by molar-refractivity contribution is 7.14. The highest BCUT2D eigenvalue weighted by atomic mass is 32.1. The topological polar surface area (TPSA) is 100 Å². The first-order chi connectivity index (χ1) is 13.2. The van der Waals surface area contributed by atoms with Crippen molar-refractivity contribution in [3.63, 3.8) is 0 Å². The zero-order chi connectivity index (χ0) is 18.6. The molecule has 27 heavy (non-hydrogen) atoms. The van der Waals surface area contributed by atoms with E-state index in [1.807, 2.05) is 35.8 Å². The summed E-state index contributed by atoms with van der Waals surface area (Å²) in [5.74, 6) is -0.336. The Morgan fingerprint density at radius 1 is 1.19 bits per heavy atom. The lowest BCUT2D eigenvalue weighted by atomic mass is 10.1. The normalized spacial score (nSPS) is 10.8. The Bertz CT molecular complexity index is 1080. The number of thiazole rings is 1. The van der Waals surface area contributed by atoms with Gasteiger partial charge in [0.1, 0.15) is 0 Å². The Morgan fingerprint density at radius 3 is 2.93 bits per heavy atom. The summed E-state index contributed by atoms with van der Waals surface area (Å²) in [5, 5.41) is 8.92. The number of H-pyrrole nitrogens is 1. The molecule has 0 aliphatic rings. The first kappa shape index (κ1) is 17.0. The number of aromatic amines is 1. The molecule has 136 valence electrons. The molecule has 2 amide bonds. The van der Waals surface area contributed by atoms with Crippen LogP contribution >= 0.6 is 11.3 Å². The Morgan fingerprint density at radius 2 is 2.07 bits per heavy atom. The molecule has 0 aliphatic heterocycles. The first-order valence-electron chi connectivity index (χ1n) is 8.34. The number of amides is 2. The predicted octanol–water partition coefficient (Wildman–Crippen LogP) is 3.64. The van der Waals surface area contributed by atoms with E-state index in [0.29, 0.717) is 5.13 Å². The van der Waals surface area contributed by atoms with Crippen LogP contribution in [0.2, 0.25) is 0 Å². The maximum atomic E-state index is 12.1. The molecule has 3 N–H and O–H groups in total. The van der Waals surface area contributed by atoms with Crippen molar-refractivity contribution in [1.29, 1.82) is 0 Å². The van der Waals surface area contributed by atoms with Crippen LogP contribution in [-0.4, -0.2) is 28.3 Å². The lowest BCUT2D eigenvalue weighted by Gasteiger charge is -2.03. The highest BCUT2D eigenvalue weighted by Crippen LogP contribution is 2.30. The molecule has 8 heteroatoms. The molecule has 0 aliphatic carbocycles. The van der Waals surface area contributed by atoms with Gasteiger partial charge in [-0.1, -0.05) is 18.2 Å². The Labute approximate surface area is 158 Å². The molecule has 0 radical (unpaired) electrons. The van der Waals surface area contributed by atoms with Gasteiger partial charge in [0.25, 0.3) is 5.91 Å². The van der Waals surface area contributed by atoms with Crippen molar-refractivity contribution >= 4 is 39.2 Å². The number of fused-ring (bicyclic) bond motifs is 1. The molecule has 0 bridgehead atoms. The smallest absolute Gasteiger partial charge is 0.286 e. The van der Waals surface area contributed by atoms with Crippen molar-refractivity contribution in [2.75, 3.05) is 11.9 Å². The average Bonchev–Trinajstić information content (AvgIpc) is 3.41. The van der Waals surface area contributed by atoms with Crippen LogP contribution in [0.25, 0.3) is 22.2 Å². The number of nitrogens with one attached hydrogen (secondary N) is 3. The van der Waals surface area contributed by atoms with Gasteiger partial charge in [0.15, 0.2) is 10.9 Å². The summed E-state index contributed by atoms with van der Waals surface area (Å²) >= 11 is 1.36. The fourth-order valence-corrected chi connectivity index (χ4v) is 3.43. The molecule has 3 heterocycles. The number of para-hydroxylation sites is 1. The van der Waals surface area contributed by atoms with E-state index in [0.717, 1.165) is 22.2 Å². The Balaban J connectivity index is 1.34. The fourth-order valence-electron chi connectivity index (χ4n) is 2.70. The molecular weight excluding hydrogens is 364 g/mol. The lowest BCUT2D eigenvalue weighted by molar-refractivity contribution is -0.116. The minimum absolute atomic E-state index is 0.147. The maximum absolute atomic E-state index is 12.1. The average molecular weight is 380 g/mol. The molecule has 7 nitrogen and oxygen atoms in total. The first-order valence-corrected chi connectivity index (χ1v) is 9.22. The second-order valence-corrected chi connectivity index (χ2v) is 6.68. The van der Waals surface area contributed by atoms with Gasteiger partial charge in [-0.3, -0.25) is 9.59 Å². The molecule has 0 saturated carbocycles. The Kier molecular flexibility index (Phi) is 4.71. The second kappa shape index (κ2) is 7.46. The van der Waals surface area contributed by atoms with Gasteiger partial charge in [0.2, 0.25) is 5.91 Å². The van der Waals surface area contributed by atoms with Crippen LogP contribution in [0, 0.1) is 0 Å². The maximum Gasteiger partial charge on any atom is 0.286 e. The quantitative estimate of drug-likeness (QED) is 0.475. The lowest BCUT2D eigenvalue weighted by Crippen LogP contribution is -2.27. The standard InChI is InChI=1S/C19H16N4O3S/c24-17(7-8-20-18(25)16-6-3-9-26-16)23-19-22-15(11-27-19)13-10-21-14-5-2-1-4-12(13)14/h1-6,9-11,21H,7-8H2,(H,20,25)(H,22,23,24). The summed E-state index contributed by atoms with van der Waals surface area (Å²) < 4.78 is 4.99. The molecule has 0 unspecified atom stereocenters. The second-order valence-electron chi connectivity index (χ2n) is 5.82. The largest absolute Gasteiger partial charge is 0.459 e. The number of hydrogen-bond donors (Lipinski definition) is 3. The molecular formula is C19H16N4O3S. The molecule has 4 rings (SSSR count). The molecule has 4 aromatic rings. The highest BCUT2D eigenvalue weighted by Gasteiger charge is 2.12. The summed E-state index contributed by atoms with van der Waals surface area (Å²) in [6.45, 7) is 0.214. The van der Waals surface area contributed by atoms with Crippen LogP contribution in [0.3, 0.4) is 0 Å². The van der Waals surface area contributed by atoms with Crippen molar-refractivity contribution < 1.29 is 14.0 Å². The summed E-state index contributed by atoms with van der Waals surface area (Å²) in [5.41, 5.74) is 2.84. The van der Waals surface area contributed by atoms with Crippen LogP contribution in [-0.2, 0) is 4.79 Å². The van der Waals surface area contributed by atoms with E-state index < -0.39 is 0 Å². The zero-order valence-electron chi connectivity index (χ0n) is 14.2. The van der Waals surface area contributed by atoms with Gasteiger partial charge in [-0.05, 0) is 18.2 Å². The minimum atomic E-state index is -0.344. The third-order valence-electron chi connectivity index (χ3n) is 4.00. The van der Waals surface area contributed by atoms with E-state index in [4.69, 9.17) is 4.42 Å². The summed E-state index contributed by atoms with van der Waals surface area (Å²) in [6, 6.07) is 11.2. The molecule has 3 aromatic heterocycles. The van der Waals surface area contributed by atoms with Crippen LogP contribution < -0.4 is 10.6 Å². The molecule has 0 atom stereocenters. The van der Waals surface area contributed by atoms with E-state index in [1.54, 1.807) is 12.1 Å². The minimum Gasteiger partial charge on any atom is -0.459 e. The van der Waals surface area contributed by atoms with E-state index in [2.05, 4.69) is 20.6 Å². The van der Waals surface area contributed by atoms with E-state index in [-0.39, 0.29) is 30.5 Å². The number of carbonyl (C=O) groups excluding carboxylic acids is 2. The van der Waals surface area contributed by atoms with Crippen molar-refractivity contribution in [3.8, 4) is 11.3 Å². The van der Waals surface area contributed by atoms with Crippen LogP contribution in [0.1, 0.15) is 17.0 Å². The SMILES string of the molecule is O=C(CCNC(=O)c1ccco1)Nc1nc(-c2c[nH]c3ccccc23)cs1. The van der Waals surface area contributed by atoms with Gasteiger partial charge in [0, 0.05) is 41.0 Å². The monoisotopic (exact) mass is 380 g/mol. The number of benzene rings is 1. The van der Waals surface area contributed by atoms with Crippen LogP contribution in [0.5, 0.6) is 0 Å². The van der Waals surface area contributed by atoms with Crippen molar-refractivity contribution in [3.05, 3.63) is 60.0 Å². The number of furan rings is 1. The van der Waals surface area contributed by atoms with Gasteiger partial charge < -0.3 is 20.0 Å². The number of anilines is 1. The number of aromatic nitrogens is 2. The number of nitrogens with zero attached hydrogens (tertiary/aromatic N) is 1. The van der Waals surface area contributed by atoms with Gasteiger partial charge in [-0.2, -0.15) is 0 Å². The van der Waals surface area contributed by atoms with Gasteiger partial charge in [-0.15, -0.1) is 11.3 Å². The third kappa shape index (κ3) is 3.75. The Hall–Kier alpha value is -3.39. The third-order valence-corrected chi connectivity index (χ3v) is 4.76. The van der Waals surface area contributed by atoms with Gasteiger partial charge in [0.05, 0.1) is 12.0 Å². The zero-order valence-corrected chi connectivity index (χ0v) is 15.0.